The van der Waals surface area contributed by atoms with Gasteiger partial charge >= 0.3 is 6.18 Å². The van der Waals surface area contributed by atoms with Crippen molar-refractivity contribution in [1.82, 2.24) is 14.5 Å². The Hall–Kier alpha value is -2.19. The molecule has 0 N–H and O–H groups in total. The number of ether oxygens (including phenoxy) is 1. The van der Waals surface area contributed by atoms with Crippen molar-refractivity contribution in [3.63, 3.8) is 0 Å². The van der Waals surface area contributed by atoms with Gasteiger partial charge in [-0.05, 0) is 37.1 Å². The lowest BCUT2D eigenvalue weighted by Gasteiger charge is -2.27. The van der Waals surface area contributed by atoms with Crippen molar-refractivity contribution in [2.24, 2.45) is 0 Å². The number of fused-ring (bicyclic) bond motifs is 5. The summed E-state index contributed by atoms with van der Waals surface area (Å²) in [6, 6.07) is 4.82. The average molecular weight is 393 g/mol. The van der Waals surface area contributed by atoms with E-state index in [-0.39, 0.29) is 11.6 Å². The van der Waals surface area contributed by atoms with E-state index in [1.807, 2.05) is 0 Å². The van der Waals surface area contributed by atoms with E-state index < -0.39 is 17.7 Å². The van der Waals surface area contributed by atoms with E-state index in [9.17, 15) is 17.6 Å². The van der Waals surface area contributed by atoms with Crippen LogP contribution in [0.15, 0.2) is 24.4 Å². The van der Waals surface area contributed by atoms with Gasteiger partial charge in [-0.1, -0.05) is 0 Å². The first-order valence-electron chi connectivity index (χ1n) is 9.33. The fourth-order valence-corrected chi connectivity index (χ4v) is 4.59. The van der Waals surface area contributed by atoms with E-state index in [1.54, 1.807) is 17.6 Å². The summed E-state index contributed by atoms with van der Waals surface area (Å²) in [4.78, 5) is 5.89. The largest absolute Gasteiger partial charge is 0.435 e. The molecule has 2 unspecified atom stereocenters. The highest BCUT2D eigenvalue weighted by atomic mass is 19.4. The number of nitrogens with zero attached hydrogens (tertiary/aromatic N) is 3. The SMILES string of the molecule is Cc1cc2c(cc1F)c1ccnc(C(F)(F)F)c1n2CCN1CC2CC1CO2. The molecule has 2 bridgehead atoms. The van der Waals surface area contributed by atoms with Gasteiger partial charge in [0.05, 0.1) is 18.2 Å². The lowest BCUT2D eigenvalue weighted by Crippen LogP contribution is -2.38. The Morgan fingerprint density at radius 3 is 2.71 bits per heavy atom. The Morgan fingerprint density at radius 2 is 2.04 bits per heavy atom. The van der Waals surface area contributed by atoms with Crippen LogP contribution in [0.1, 0.15) is 17.7 Å². The maximum absolute atomic E-state index is 14.2. The first kappa shape index (κ1) is 17.9. The van der Waals surface area contributed by atoms with Crippen LogP contribution < -0.4 is 0 Å². The molecule has 28 heavy (non-hydrogen) atoms. The summed E-state index contributed by atoms with van der Waals surface area (Å²) < 4.78 is 62.5. The molecule has 2 aliphatic heterocycles. The summed E-state index contributed by atoms with van der Waals surface area (Å²) in [6.07, 6.45) is -2.23. The molecule has 5 rings (SSSR count). The van der Waals surface area contributed by atoms with Crippen LogP contribution in [-0.2, 0) is 17.5 Å². The van der Waals surface area contributed by atoms with E-state index in [4.69, 9.17) is 4.74 Å². The number of benzene rings is 1. The summed E-state index contributed by atoms with van der Waals surface area (Å²) in [5.41, 5.74) is 0.112. The Labute approximate surface area is 158 Å². The maximum atomic E-state index is 14.2. The standard InChI is InChI=1S/C20H19F4N3O/c1-11-6-17-15(8-16(11)21)14-2-3-25-19(20(22,23)24)18(14)27(17)5-4-26-9-13-7-12(26)10-28-13/h2-3,6,8,12-13H,4-5,7,9-10H2,1H3. The van der Waals surface area contributed by atoms with Crippen LogP contribution in [0.25, 0.3) is 21.8 Å². The van der Waals surface area contributed by atoms with Crippen LogP contribution >= 0.6 is 0 Å². The zero-order valence-corrected chi connectivity index (χ0v) is 15.3. The minimum Gasteiger partial charge on any atom is -0.375 e. The molecule has 8 heteroatoms. The summed E-state index contributed by atoms with van der Waals surface area (Å²) in [7, 11) is 0. The number of aryl methyl sites for hydroxylation is 1. The van der Waals surface area contributed by atoms with Gasteiger partial charge in [0.25, 0.3) is 0 Å². The van der Waals surface area contributed by atoms with Crippen LogP contribution in [0.4, 0.5) is 17.6 Å². The van der Waals surface area contributed by atoms with Gasteiger partial charge < -0.3 is 9.30 Å². The van der Waals surface area contributed by atoms with Gasteiger partial charge in [-0.2, -0.15) is 13.2 Å². The number of alkyl halides is 3. The molecular formula is C20H19F4N3O. The molecule has 2 aromatic heterocycles. The van der Waals surface area contributed by atoms with Crippen LogP contribution in [-0.4, -0.2) is 46.3 Å². The number of hydrogen-bond acceptors (Lipinski definition) is 3. The predicted octanol–water partition coefficient (Wildman–Crippen LogP) is 4.13. The molecule has 148 valence electrons. The van der Waals surface area contributed by atoms with Crippen molar-refractivity contribution in [3.8, 4) is 0 Å². The van der Waals surface area contributed by atoms with Crippen LogP contribution in [0.2, 0.25) is 0 Å². The lowest BCUT2D eigenvalue weighted by atomic mass is 10.1. The third kappa shape index (κ3) is 2.69. The molecular weight excluding hydrogens is 374 g/mol. The molecule has 1 aromatic carbocycles. The number of morpholine rings is 1. The first-order valence-corrected chi connectivity index (χ1v) is 9.33. The molecule has 2 fully saturated rings. The highest BCUT2D eigenvalue weighted by Gasteiger charge is 2.39. The van der Waals surface area contributed by atoms with E-state index in [2.05, 4.69) is 9.88 Å². The molecule has 4 heterocycles. The molecule has 3 aromatic rings. The van der Waals surface area contributed by atoms with Gasteiger partial charge in [-0.15, -0.1) is 0 Å². The zero-order chi connectivity index (χ0) is 19.6. The number of rotatable bonds is 3. The van der Waals surface area contributed by atoms with Crippen molar-refractivity contribution in [2.45, 2.75) is 38.2 Å². The minimum atomic E-state index is -4.58. The lowest BCUT2D eigenvalue weighted by molar-refractivity contribution is -0.140. The molecule has 4 nitrogen and oxygen atoms in total. The monoisotopic (exact) mass is 393 g/mol. The molecule has 2 atom stereocenters. The van der Waals surface area contributed by atoms with Gasteiger partial charge in [0.1, 0.15) is 5.82 Å². The van der Waals surface area contributed by atoms with Gasteiger partial charge in [-0.3, -0.25) is 4.90 Å². The van der Waals surface area contributed by atoms with Crippen molar-refractivity contribution in [1.29, 1.82) is 0 Å². The smallest absolute Gasteiger partial charge is 0.375 e. The number of pyridine rings is 1. The number of hydrogen-bond donors (Lipinski definition) is 0. The summed E-state index contributed by atoms with van der Waals surface area (Å²) in [6.45, 7) is 4.10. The van der Waals surface area contributed by atoms with Gasteiger partial charge in [0.15, 0.2) is 5.69 Å². The van der Waals surface area contributed by atoms with Crippen molar-refractivity contribution >= 4 is 21.8 Å². The van der Waals surface area contributed by atoms with Gasteiger partial charge in [-0.25, -0.2) is 9.37 Å². The van der Waals surface area contributed by atoms with Gasteiger partial charge in [0, 0.05) is 48.2 Å². The van der Waals surface area contributed by atoms with E-state index in [0.29, 0.717) is 47.6 Å². The molecule has 2 saturated heterocycles. The minimum absolute atomic E-state index is 0.0237. The number of halogens is 4. The molecule has 0 spiro atoms. The Balaban J connectivity index is 1.66. The molecule has 0 radical (unpaired) electrons. The Morgan fingerprint density at radius 1 is 1.21 bits per heavy atom. The highest BCUT2D eigenvalue weighted by Crippen LogP contribution is 2.38. The molecule has 0 aliphatic carbocycles. The second-order valence-electron chi connectivity index (χ2n) is 7.66. The zero-order valence-electron chi connectivity index (χ0n) is 15.3. The van der Waals surface area contributed by atoms with Crippen LogP contribution in [0, 0.1) is 12.7 Å². The quantitative estimate of drug-likeness (QED) is 0.627. The van der Waals surface area contributed by atoms with Crippen molar-refractivity contribution in [3.05, 3.63) is 41.5 Å². The van der Waals surface area contributed by atoms with Crippen molar-refractivity contribution < 1.29 is 22.3 Å². The summed E-state index contributed by atoms with van der Waals surface area (Å²) >= 11 is 0. The van der Waals surface area contributed by atoms with Gasteiger partial charge in [0.2, 0.25) is 0 Å². The number of likely N-dealkylation sites (tertiary alicyclic amines) is 1. The van der Waals surface area contributed by atoms with E-state index >= 15 is 0 Å². The normalized spacial score (nSPS) is 22.8. The molecule has 0 amide bonds. The topological polar surface area (TPSA) is 30.3 Å². The van der Waals surface area contributed by atoms with E-state index in [0.717, 1.165) is 19.2 Å². The predicted molar refractivity (Wildman–Crippen MR) is 96.7 cm³/mol. The van der Waals surface area contributed by atoms with Crippen molar-refractivity contribution in [2.75, 3.05) is 19.7 Å². The second-order valence-corrected chi connectivity index (χ2v) is 7.66. The molecule has 2 aliphatic rings. The first-order chi connectivity index (χ1) is 13.3. The fraction of sp³-hybridized carbons (Fsp3) is 0.450. The third-order valence-corrected chi connectivity index (χ3v) is 5.95. The van der Waals surface area contributed by atoms with E-state index in [1.165, 1.54) is 12.1 Å². The van der Waals surface area contributed by atoms with Crippen LogP contribution in [0.3, 0.4) is 0 Å². The second kappa shape index (κ2) is 6.15. The third-order valence-electron chi connectivity index (χ3n) is 5.95. The Bertz CT molecular complexity index is 1070. The maximum Gasteiger partial charge on any atom is 0.435 e. The van der Waals surface area contributed by atoms with Crippen LogP contribution in [0.5, 0.6) is 0 Å². The number of aromatic nitrogens is 2. The average Bonchev–Trinajstić information content (AvgIpc) is 3.33. The Kier molecular flexibility index (Phi) is 3.93. The molecule has 0 saturated carbocycles. The summed E-state index contributed by atoms with van der Waals surface area (Å²) in [5.74, 6) is -0.425. The fourth-order valence-electron chi connectivity index (χ4n) is 4.59. The highest BCUT2D eigenvalue weighted by molar-refractivity contribution is 6.09. The summed E-state index contributed by atoms with van der Waals surface area (Å²) in [5, 5.41) is 0.861.